The minimum absolute atomic E-state index is 0.175. The zero-order chi connectivity index (χ0) is 9.47. The van der Waals surface area contributed by atoms with Crippen LogP contribution in [0.1, 0.15) is 30.9 Å². The van der Waals surface area contributed by atoms with E-state index in [-0.39, 0.29) is 5.41 Å². The van der Waals surface area contributed by atoms with Crippen LogP contribution in [0.15, 0.2) is 24.3 Å². The number of ketones is 1. The second-order valence-electron chi connectivity index (χ2n) is 4.12. The summed E-state index contributed by atoms with van der Waals surface area (Å²) in [6, 6.07) is 8.28. The molecule has 0 aromatic heterocycles. The Bertz CT molecular complexity index is 354. The lowest BCUT2D eigenvalue weighted by molar-refractivity contribution is -0.130. The van der Waals surface area contributed by atoms with Crippen molar-refractivity contribution in [2.45, 2.75) is 32.1 Å². The van der Waals surface area contributed by atoms with Crippen molar-refractivity contribution < 1.29 is 4.79 Å². The number of rotatable bonds is 1. The van der Waals surface area contributed by atoms with Crippen molar-refractivity contribution in [3.05, 3.63) is 35.4 Å². The van der Waals surface area contributed by atoms with Crippen molar-refractivity contribution in [2.24, 2.45) is 0 Å². The second kappa shape index (κ2) is 2.69. The molecule has 1 nitrogen and oxygen atoms in total. The Kier molecular flexibility index (Phi) is 1.76. The number of hydrogen-bond donors (Lipinski definition) is 0. The lowest BCUT2D eigenvalue weighted by Gasteiger charge is -2.37. The smallest absolute Gasteiger partial charge is 0.143 e. The molecular weight excluding hydrogens is 160 g/mol. The topological polar surface area (TPSA) is 17.1 Å². The molecule has 1 saturated carbocycles. The Labute approximate surface area is 78.8 Å². The zero-order valence-electron chi connectivity index (χ0n) is 8.13. The van der Waals surface area contributed by atoms with E-state index in [1.807, 2.05) is 13.0 Å². The highest BCUT2D eigenvalue weighted by atomic mass is 16.1. The van der Waals surface area contributed by atoms with E-state index in [9.17, 15) is 4.79 Å². The highest BCUT2D eigenvalue weighted by Crippen LogP contribution is 2.39. The summed E-state index contributed by atoms with van der Waals surface area (Å²) in [6.45, 7) is 4.11. The molecule has 1 aromatic rings. The van der Waals surface area contributed by atoms with Gasteiger partial charge in [0.25, 0.3) is 0 Å². The van der Waals surface area contributed by atoms with Crippen molar-refractivity contribution in [3.8, 4) is 0 Å². The van der Waals surface area contributed by atoms with Gasteiger partial charge in [-0.25, -0.2) is 0 Å². The van der Waals surface area contributed by atoms with Gasteiger partial charge in [0.05, 0.1) is 5.41 Å². The second-order valence-corrected chi connectivity index (χ2v) is 4.12. The Morgan fingerprint density at radius 2 is 2.15 bits per heavy atom. The van der Waals surface area contributed by atoms with E-state index in [4.69, 9.17) is 0 Å². The van der Waals surface area contributed by atoms with Crippen LogP contribution in [0.3, 0.4) is 0 Å². The lowest BCUT2D eigenvalue weighted by Crippen LogP contribution is -2.42. The average molecular weight is 174 g/mol. The third-order valence-corrected chi connectivity index (χ3v) is 3.12. The maximum Gasteiger partial charge on any atom is 0.143 e. The minimum Gasteiger partial charge on any atom is -0.299 e. The molecule has 0 radical (unpaired) electrons. The van der Waals surface area contributed by atoms with Crippen LogP contribution in [0, 0.1) is 6.92 Å². The number of Topliss-reactive ketones (excluding diaryl/α,β-unsaturated/α-hetero) is 1. The molecular formula is C12H14O. The summed E-state index contributed by atoms with van der Waals surface area (Å²) in [7, 11) is 0. The van der Waals surface area contributed by atoms with Crippen LogP contribution in [-0.2, 0) is 10.2 Å². The van der Waals surface area contributed by atoms with Gasteiger partial charge in [-0.2, -0.15) is 0 Å². The molecule has 2 rings (SSSR count). The highest BCUT2D eigenvalue weighted by Gasteiger charge is 2.42. The summed E-state index contributed by atoms with van der Waals surface area (Å²) in [5.41, 5.74) is 2.24. The van der Waals surface area contributed by atoms with Crippen molar-refractivity contribution in [2.75, 3.05) is 0 Å². The number of carbonyl (C=O) groups excluding carboxylic acids is 1. The van der Waals surface area contributed by atoms with Crippen LogP contribution in [0.2, 0.25) is 0 Å². The third kappa shape index (κ3) is 1.19. The van der Waals surface area contributed by atoms with Crippen LogP contribution in [-0.4, -0.2) is 5.78 Å². The molecule has 1 aromatic carbocycles. The van der Waals surface area contributed by atoms with E-state index in [0.717, 1.165) is 12.8 Å². The quantitative estimate of drug-likeness (QED) is 0.639. The number of aryl methyl sites for hydroxylation is 1. The fraction of sp³-hybridized carbons (Fsp3) is 0.417. The Hall–Kier alpha value is -1.11. The first-order valence-corrected chi connectivity index (χ1v) is 4.73. The SMILES string of the molecule is Cc1cccc(C2(C)CCC2=O)c1. The molecule has 68 valence electrons. The lowest BCUT2D eigenvalue weighted by atomic mass is 9.65. The molecule has 0 amide bonds. The Balaban J connectivity index is 2.40. The van der Waals surface area contributed by atoms with E-state index in [0.29, 0.717) is 5.78 Å². The minimum atomic E-state index is -0.175. The van der Waals surface area contributed by atoms with Crippen molar-refractivity contribution in [3.63, 3.8) is 0 Å². The molecule has 1 unspecified atom stereocenters. The van der Waals surface area contributed by atoms with E-state index >= 15 is 0 Å². The molecule has 0 heterocycles. The summed E-state index contributed by atoms with van der Waals surface area (Å²) in [4.78, 5) is 11.5. The van der Waals surface area contributed by atoms with Crippen molar-refractivity contribution >= 4 is 5.78 Å². The molecule has 0 bridgehead atoms. The van der Waals surface area contributed by atoms with Crippen LogP contribution in [0.5, 0.6) is 0 Å². The normalized spacial score (nSPS) is 27.1. The van der Waals surface area contributed by atoms with Gasteiger partial charge in [0, 0.05) is 6.42 Å². The van der Waals surface area contributed by atoms with Crippen LogP contribution in [0.4, 0.5) is 0 Å². The zero-order valence-corrected chi connectivity index (χ0v) is 8.13. The van der Waals surface area contributed by atoms with Gasteiger partial charge in [0.1, 0.15) is 5.78 Å². The van der Waals surface area contributed by atoms with Gasteiger partial charge in [0.2, 0.25) is 0 Å². The van der Waals surface area contributed by atoms with Crippen molar-refractivity contribution in [1.29, 1.82) is 0 Å². The highest BCUT2D eigenvalue weighted by molar-refractivity contribution is 5.95. The predicted octanol–water partition coefficient (Wildman–Crippen LogP) is 2.62. The molecule has 0 saturated heterocycles. The molecule has 1 fully saturated rings. The van der Waals surface area contributed by atoms with Gasteiger partial charge in [-0.3, -0.25) is 4.79 Å². The van der Waals surface area contributed by atoms with Crippen LogP contribution < -0.4 is 0 Å². The van der Waals surface area contributed by atoms with Gasteiger partial charge in [-0.1, -0.05) is 29.8 Å². The largest absolute Gasteiger partial charge is 0.299 e. The Morgan fingerprint density at radius 1 is 1.38 bits per heavy atom. The maximum absolute atomic E-state index is 11.5. The molecule has 1 aliphatic rings. The van der Waals surface area contributed by atoms with E-state index < -0.39 is 0 Å². The van der Waals surface area contributed by atoms with Gasteiger partial charge in [-0.15, -0.1) is 0 Å². The number of benzene rings is 1. The number of hydrogen-bond acceptors (Lipinski definition) is 1. The van der Waals surface area contributed by atoms with Crippen LogP contribution >= 0.6 is 0 Å². The number of carbonyl (C=O) groups is 1. The van der Waals surface area contributed by atoms with Gasteiger partial charge >= 0.3 is 0 Å². The van der Waals surface area contributed by atoms with E-state index in [1.54, 1.807) is 0 Å². The molecule has 1 atom stereocenters. The first kappa shape index (κ1) is 8.49. The summed E-state index contributed by atoms with van der Waals surface area (Å²) < 4.78 is 0. The molecule has 1 aliphatic carbocycles. The monoisotopic (exact) mass is 174 g/mol. The fourth-order valence-corrected chi connectivity index (χ4v) is 1.90. The molecule has 0 spiro atoms. The molecule has 13 heavy (non-hydrogen) atoms. The average Bonchev–Trinajstić information content (AvgIpc) is 2.14. The first-order chi connectivity index (χ1) is 6.13. The molecule has 1 heteroatoms. The maximum atomic E-state index is 11.5. The first-order valence-electron chi connectivity index (χ1n) is 4.73. The predicted molar refractivity (Wildman–Crippen MR) is 52.8 cm³/mol. The summed E-state index contributed by atoms with van der Waals surface area (Å²) in [5.74, 6) is 0.387. The fourth-order valence-electron chi connectivity index (χ4n) is 1.90. The van der Waals surface area contributed by atoms with Crippen LogP contribution in [0.25, 0.3) is 0 Å². The Morgan fingerprint density at radius 3 is 2.62 bits per heavy atom. The van der Waals surface area contributed by atoms with Gasteiger partial charge in [0.15, 0.2) is 0 Å². The van der Waals surface area contributed by atoms with E-state index in [1.165, 1.54) is 11.1 Å². The standard InChI is InChI=1S/C12H14O/c1-9-4-3-5-10(8-9)12(2)7-6-11(12)13/h3-5,8H,6-7H2,1-2H3. The van der Waals surface area contributed by atoms with Gasteiger partial charge < -0.3 is 0 Å². The summed E-state index contributed by atoms with van der Waals surface area (Å²) in [5, 5.41) is 0. The summed E-state index contributed by atoms with van der Waals surface area (Å²) >= 11 is 0. The molecule has 0 N–H and O–H groups in total. The van der Waals surface area contributed by atoms with Crippen molar-refractivity contribution in [1.82, 2.24) is 0 Å². The van der Waals surface area contributed by atoms with Gasteiger partial charge in [-0.05, 0) is 25.8 Å². The van der Waals surface area contributed by atoms with E-state index in [2.05, 4.69) is 25.1 Å². The summed E-state index contributed by atoms with van der Waals surface area (Å²) in [6.07, 6.45) is 1.76. The molecule has 0 aliphatic heterocycles. The third-order valence-electron chi connectivity index (χ3n) is 3.12.